The smallest absolute Gasteiger partial charge is 0.253 e. The van der Waals surface area contributed by atoms with Gasteiger partial charge in [0.05, 0.1) is 39.8 Å². The van der Waals surface area contributed by atoms with Crippen LogP contribution in [-0.4, -0.2) is 26.4 Å². The molecule has 3 heterocycles. The van der Waals surface area contributed by atoms with Gasteiger partial charge >= 0.3 is 0 Å². The molecule has 6 nitrogen and oxygen atoms in total. The number of rotatable bonds is 3. The lowest BCUT2D eigenvalue weighted by Crippen LogP contribution is -2.18. The monoisotopic (exact) mass is 365 g/mol. The van der Waals surface area contributed by atoms with E-state index in [1.807, 2.05) is 13.8 Å². The van der Waals surface area contributed by atoms with Crippen molar-refractivity contribution in [3.8, 4) is 11.3 Å². The third kappa shape index (κ3) is 2.49. The Kier molecular flexibility index (Phi) is 3.17. The van der Waals surface area contributed by atoms with Crippen molar-refractivity contribution in [2.24, 2.45) is 0 Å². The van der Waals surface area contributed by atoms with Crippen LogP contribution in [-0.2, 0) is 0 Å². The number of carbonyl (C=O) groups is 1. The molecule has 0 radical (unpaired) electrons. The van der Waals surface area contributed by atoms with Crippen molar-refractivity contribution in [2.75, 3.05) is 5.32 Å². The molecular weight excluding hydrogens is 345 g/mol. The van der Waals surface area contributed by atoms with Crippen LogP contribution in [0.4, 0.5) is 10.2 Å². The molecule has 7 heteroatoms. The van der Waals surface area contributed by atoms with Gasteiger partial charge in [-0.3, -0.25) is 4.79 Å². The lowest BCUT2D eigenvalue weighted by atomic mass is 10.1. The largest absolute Gasteiger partial charge is 0.363 e. The van der Waals surface area contributed by atoms with E-state index >= 15 is 0 Å². The standard InChI is InChI=1S/C20H20FN5O/c1-9-16-11(19(27)23-9)8-14(24-16)15-12(21)4-5-13-17(15)25-18(10(2)22-13)26-20(3)6-7-20/h4-5,8-9,24H,6-7H2,1-3H3,(H,23,27)(H,25,26)/t9-/m1/s1. The number of carbonyl (C=O) groups excluding carboxylic acids is 1. The molecule has 1 atom stereocenters. The predicted octanol–water partition coefficient (Wildman–Crippen LogP) is 3.84. The number of anilines is 1. The number of aromatic nitrogens is 3. The molecule has 5 rings (SSSR count). The van der Waals surface area contributed by atoms with Crippen LogP contribution in [0.25, 0.3) is 22.3 Å². The van der Waals surface area contributed by atoms with Gasteiger partial charge in [0.15, 0.2) is 0 Å². The third-order valence-electron chi connectivity index (χ3n) is 5.52. The summed E-state index contributed by atoms with van der Waals surface area (Å²) < 4.78 is 14.8. The maximum Gasteiger partial charge on any atom is 0.253 e. The number of aromatic amines is 1. The van der Waals surface area contributed by atoms with Crippen molar-refractivity contribution in [1.82, 2.24) is 20.3 Å². The minimum atomic E-state index is -0.391. The zero-order valence-corrected chi connectivity index (χ0v) is 15.4. The van der Waals surface area contributed by atoms with Crippen molar-refractivity contribution in [3.05, 3.63) is 41.0 Å². The second-order valence-electron chi connectivity index (χ2n) is 7.84. The minimum Gasteiger partial charge on any atom is -0.363 e. The highest BCUT2D eigenvalue weighted by Gasteiger charge is 2.38. The van der Waals surface area contributed by atoms with Crippen LogP contribution in [0.3, 0.4) is 0 Å². The summed E-state index contributed by atoms with van der Waals surface area (Å²) in [5.74, 6) is 0.142. The first kappa shape index (κ1) is 16.2. The molecule has 138 valence electrons. The number of hydrogen-bond donors (Lipinski definition) is 3. The second kappa shape index (κ2) is 5.28. The summed E-state index contributed by atoms with van der Waals surface area (Å²) in [6.45, 7) is 5.93. The van der Waals surface area contributed by atoms with Crippen LogP contribution in [0.15, 0.2) is 18.2 Å². The molecule has 1 fully saturated rings. The maximum atomic E-state index is 14.8. The summed E-state index contributed by atoms with van der Waals surface area (Å²) in [5.41, 5.74) is 4.16. The zero-order chi connectivity index (χ0) is 18.9. The number of fused-ring (bicyclic) bond motifs is 2. The van der Waals surface area contributed by atoms with Crippen molar-refractivity contribution >= 4 is 22.8 Å². The van der Waals surface area contributed by atoms with Gasteiger partial charge < -0.3 is 15.6 Å². The molecule has 1 amide bonds. The first-order valence-electron chi connectivity index (χ1n) is 9.14. The predicted molar refractivity (Wildman–Crippen MR) is 101 cm³/mol. The van der Waals surface area contributed by atoms with Crippen LogP contribution in [0.1, 0.15) is 54.5 Å². The van der Waals surface area contributed by atoms with Gasteiger partial charge in [-0.2, -0.15) is 0 Å². The highest BCUT2D eigenvalue weighted by atomic mass is 19.1. The molecule has 0 saturated heterocycles. The summed E-state index contributed by atoms with van der Waals surface area (Å²) in [5, 5.41) is 6.27. The highest BCUT2D eigenvalue weighted by molar-refractivity contribution is 6.01. The molecule has 0 bridgehead atoms. The van der Waals surface area contributed by atoms with Crippen molar-refractivity contribution in [1.29, 1.82) is 0 Å². The van der Waals surface area contributed by atoms with E-state index in [2.05, 4.69) is 27.5 Å². The van der Waals surface area contributed by atoms with Gasteiger partial charge in [0.1, 0.15) is 17.2 Å². The highest BCUT2D eigenvalue weighted by Crippen LogP contribution is 2.39. The Morgan fingerprint density at radius 1 is 1.30 bits per heavy atom. The Bertz CT molecular complexity index is 1120. The van der Waals surface area contributed by atoms with E-state index < -0.39 is 5.82 Å². The molecule has 27 heavy (non-hydrogen) atoms. The van der Waals surface area contributed by atoms with Crippen molar-refractivity contribution < 1.29 is 9.18 Å². The van der Waals surface area contributed by atoms with E-state index in [1.54, 1.807) is 12.1 Å². The lowest BCUT2D eigenvalue weighted by Gasteiger charge is -2.16. The summed E-state index contributed by atoms with van der Waals surface area (Å²) in [6.07, 6.45) is 2.16. The van der Waals surface area contributed by atoms with Crippen molar-refractivity contribution in [3.63, 3.8) is 0 Å². The molecule has 1 aromatic carbocycles. The van der Waals surface area contributed by atoms with E-state index in [4.69, 9.17) is 4.98 Å². The van der Waals surface area contributed by atoms with Gasteiger partial charge in [-0.25, -0.2) is 14.4 Å². The normalized spacial score (nSPS) is 19.9. The van der Waals surface area contributed by atoms with E-state index in [9.17, 15) is 9.18 Å². The number of hydrogen-bond acceptors (Lipinski definition) is 4. The number of H-pyrrole nitrogens is 1. The fourth-order valence-electron chi connectivity index (χ4n) is 3.64. The van der Waals surface area contributed by atoms with Gasteiger partial charge in [-0.05, 0) is 51.8 Å². The molecule has 1 aliphatic carbocycles. The van der Waals surface area contributed by atoms with Gasteiger partial charge in [0.2, 0.25) is 0 Å². The topological polar surface area (TPSA) is 82.7 Å². The first-order chi connectivity index (χ1) is 12.8. The molecule has 2 aliphatic rings. The average molecular weight is 365 g/mol. The third-order valence-corrected chi connectivity index (χ3v) is 5.52. The first-order valence-corrected chi connectivity index (χ1v) is 9.14. The van der Waals surface area contributed by atoms with E-state index in [1.165, 1.54) is 6.07 Å². The number of aryl methyl sites for hydroxylation is 1. The van der Waals surface area contributed by atoms with Crippen molar-refractivity contribution in [2.45, 2.75) is 45.2 Å². The van der Waals surface area contributed by atoms with Crippen LogP contribution in [0.2, 0.25) is 0 Å². The van der Waals surface area contributed by atoms with Gasteiger partial charge in [-0.1, -0.05) is 0 Å². The molecule has 3 aromatic rings. The van der Waals surface area contributed by atoms with Crippen LogP contribution in [0.5, 0.6) is 0 Å². The second-order valence-corrected chi connectivity index (χ2v) is 7.84. The Labute approximate surface area is 155 Å². The zero-order valence-electron chi connectivity index (χ0n) is 15.4. The van der Waals surface area contributed by atoms with Gasteiger partial charge in [-0.15, -0.1) is 0 Å². The van der Waals surface area contributed by atoms with Gasteiger partial charge in [0, 0.05) is 5.54 Å². The van der Waals surface area contributed by atoms with Gasteiger partial charge in [0.25, 0.3) is 5.91 Å². The average Bonchev–Trinajstić information content (AvgIpc) is 3.08. The number of nitrogens with one attached hydrogen (secondary N) is 3. The Hall–Kier alpha value is -2.96. The quantitative estimate of drug-likeness (QED) is 0.659. The minimum absolute atomic E-state index is 0.0434. The summed E-state index contributed by atoms with van der Waals surface area (Å²) in [7, 11) is 0. The number of amides is 1. The fourth-order valence-corrected chi connectivity index (χ4v) is 3.64. The number of halogens is 1. The summed E-state index contributed by atoms with van der Waals surface area (Å²) >= 11 is 0. The molecule has 1 aliphatic heterocycles. The van der Waals surface area contributed by atoms with Crippen LogP contribution >= 0.6 is 0 Å². The Morgan fingerprint density at radius 2 is 2.07 bits per heavy atom. The maximum absolute atomic E-state index is 14.8. The summed E-state index contributed by atoms with van der Waals surface area (Å²) in [4.78, 5) is 24.6. The van der Waals surface area contributed by atoms with Crippen LogP contribution < -0.4 is 10.6 Å². The molecule has 1 saturated carbocycles. The molecule has 2 aromatic heterocycles. The van der Waals surface area contributed by atoms with Crippen LogP contribution in [0, 0.1) is 12.7 Å². The summed E-state index contributed by atoms with van der Waals surface area (Å²) in [6, 6.07) is 4.61. The Morgan fingerprint density at radius 3 is 2.78 bits per heavy atom. The number of benzene rings is 1. The lowest BCUT2D eigenvalue weighted by molar-refractivity contribution is 0.0958. The molecule has 3 N–H and O–H groups in total. The molecule has 0 spiro atoms. The Balaban J connectivity index is 1.70. The molecule has 0 unspecified atom stereocenters. The van der Waals surface area contributed by atoms with E-state index in [0.717, 1.165) is 24.2 Å². The van der Waals surface area contributed by atoms with E-state index in [0.29, 0.717) is 33.7 Å². The fraction of sp³-hybridized carbons (Fsp3) is 0.350. The van der Waals surface area contributed by atoms with E-state index in [-0.39, 0.29) is 17.5 Å². The number of nitrogens with zero attached hydrogens (tertiary/aromatic N) is 2. The molecular formula is C20H20FN5O. The SMILES string of the molecule is Cc1nc2ccc(F)c(-c3cc4c([nH]3)[C@@H](C)NC4=O)c2nc1NC1(C)CC1.